The number of rotatable bonds is 5. The summed E-state index contributed by atoms with van der Waals surface area (Å²) in [7, 11) is 0. The first-order valence-electron chi connectivity index (χ1n) is 8.35. The molecule has 0 spiro atoms. The summed E-state index contributed by atoms with van der Waals surface area (Å²) in [5.41, 5.74) is 4.45. The van der Waals surface area contributed by atoms with Crippen molar-refractivity contribution in [3.8, 4) is 5.69 Å². The Hall–Kier alpha value is -3.48. The van der Waals surface area contributed by atoms with Crippen LogP contribution < -0.4 is 5.32 Å². The van der Waals surface area contributed by atoms with Gasteiger partial charge < -0.3 is 9.73 Å². The van der Waals surface area contributed by atoms with E-state index in [9.17, 15) is 4.79 Å². The number of hydrogen-bond acceptors (Lipinski definition) is 5. The van der Waals surface area contributed by atoms with E-state index >= 15 is 0 Å². The van der Waals surface area contributed by atoms with Crippen LogP contribution >= 0.6 is 0 Å². The molecule has 7 heteroatoms. The molecule has 7 nitrogen and oxygen atoms in total. The van der Waals surface area contributed by atoms with Gasteiger partial charge in [0.15, 0.2) is 0 Å². The summed E-state index contributed by atoms with van der Waals surface area (Å²) in [6.45, 7) is 2.10. The van der Waals surface area contributed by atoms with E-state index in [0.29, 0.717) is 5.69 Å². The highest BCUT2D eigenvalue weighted by Gasteiger charge is 2.11. The van der Waals surface area contributed by atoms with Gasteiger partial charge in [0.1, 0.15) is 11.9 Å². The molecule has 0 bridgehead atoms. The molecule has 26 heavy (non-hydrogen) atoms. The normalized spacial score (nSPS) is 11.0. The second-order valence-corrected chi connectivity index (χ2v) is 5.97. The van der Waals surface area contributed by atoms with Gasteiger partial charge in [0.2, 0.25) is 5.91 Å². The van der Waals surface area contributed by atoms with E-state index in [4.69, 9.17) is 4.42 Å². The van der Waals surface area contributed by atoms with Gasteiger partial charge in [-0.3, -0.25) is 4.79 Å². The number of hydrogen-bond donors (Lipinski definition) is 1. The van der Waals surface area contributed by atoms with Crippen LogP contribution in [-0.4, -0.2) is 26.1 Å². The SMILES string of the molecule is CCc1ccc2c(CC(=O)Nc3ccc(-n4cnnn4)cc3)coc2c1. The molecule has 1 N–H and O–H groups in total. The highest BCUT2D eigenvalue weighted by molar-refractivity contribution is 5.95. The quantitative estimate of drug-likeness (QED) is 0.599. The molecule has 0 aliphatic heterocycles. The summed E-state index contributed by atoms with van der Waals surface area (Å²) in [5, 5.41) is 14.9. The molecule has 0 saturated carbocycles. The lowest BCUT2D eigenvalue weighted by atomic mass is 10.1. The van der Waals surface area contributed by atoms with Crippen molar-refractivity contribution in [3.05, 3.63) is 66.2 Å². The number of nitrogens with one attached hydrogen (secondary N) is 1. The van der Waals surface area contributed by atoms with Gasteiger partial charge >= 0.3 is 0 Å². The van der Waals surface area contributed by atoms with Crippen LogP contribution in [0.5, 0.6) is 0 Å². The van der Waals surface area contributed by atoms with E-state index in [1.807, 2.05) is 36.4 Å². The van der Waals surface area contributed by atoms with Crippen LogP contribution in [0.1, 0.15) is 18.1 Å². The highest BCUT2D eigenvalue weighted by atomic mass is 16.3. The van der Waals surface area contributed by atoms with Crippen molar-refractivity contribution in [2.24, 2.45) is 0 Å². The van der Waals surface area contributed by atoms with E-state index in [2.05, 4.69) is 33.8 Å². The Morgan fingerprint density at radius 3 is 2.77 bits per heavy atom. The molecule has 1 amide bonds. The molecular formula is C19H17N5O2. The first-order chi connectivity index (χ1) is 12.7. The van der Waals surface area contributed by atoms with Crippen LogP contribution in [0.25, 0.3) is 16.7 Å². The topological polar surface area (TPSA) is 85.8 Å². The van der Waals surface area contributed by atoms with Crippen LogP contribution in [0.2, 0.25) is 0 Å². The van der Waals surface area contributed by atoms with Gasteiger partial charge in [-0.1, -0.05) is 19.1 Å². The first kappa shape index (κ1) is 16.0. The first-order valence-corrected chi connectivity index (χ1v) is 8.35. The molecule has 0 fully saturated rings. The third-order valence-electron chi connectivity index (χ3n) is 4.24. The third kappa shape index (κ3) is 3.19. The lowest BCUT2D eigenvalue weighted by Gasteiger charge is -2.06. The van der Waals surface area contributed by atoms with E-state index in [0.717, 1.165) is 28.6 Å². The van der Waals surface area contributed by atoms with Gasteiger partial charge in [-0.05, 0) is 52.7 Å². The van der Waals surface area contributed by atoms with Gasteiger partial charge in [0, 0.05) is 16.6 Å². The van der Waals surface area contributed by atoms with Crippen molar-refractivity contribution in [2.75, 3.05) is 5.32 Å². The number of benzene rings is 2. The summed E-state index contributed by atoms with van der Waals surface area (Å²) in [4.78, 5) is 12.4. The van der Waals surface area contributed by atoms with E-state index in [1.165, 1.54) is 11.9 Å². The predicted octanol–water partition coefficient (Wildman–Crippen LogP) is 3.15. The number of anilines is 1. The molecule has 0 unspecified atom stereocenters. The number of nitrogens with zero attached hydrogens (tertiary/aromatic N) is 4. The molecular weight excluding hydrogens is 330 g/mol. The second-order valence-electron chi connectivity index (χ2n) is 5.97. The van der Waals surface area contributed by atoms with Gasteiger partial charge in [-0.25, -0.2) is 4.68 Å². The smallest absolute Gasteiger partial charge is 0.228 e. The summed E-state index contributed by atoms with van der Waals surface area (Å²) in [6, 6.07) is 13.4. The Kier molecular flexibility index (Phi) is 4.18. The van der Waals surface area contributed by atoms with Crippen LogP contribution in [-0.2, 0) is 17.6 Å². The number of carbonyl (C=O) groups is 1. The maximum atomic E-state index is 12.4. The zero-order chi connectivity index (χ0) is 17.9. The molecule has 0 aliphatic rings. The summed E-state index contributed by atoms with van der Waals surface area (Å²) < 4.78 is 7.15. The molecule has 4 aromatic rings. The number of fused-ring (bicyclic) bond motifs is 1. The summed E-state index contributed by atoms with van der Waals surface area (Å²) in [6.07, 6.45) is 4.38. The number of aromatic nitrogens is 4. The van der Waals surface area contributed by atoms with Crippen molar-refractivity contribution >= 4 is 22.6 Å². The maximum absolute atomic E-state index is 12.4. The Morgan fingerprint density at radius 1 is 1.19 bits per heavy atom. The van der Waals surface area contributed by atoms with E-state index in [-0.39, 0.29) is 12.3 Å². The zero-order valence-electron chi connectivity index (χ0n) is 14.2. The molecule has 2 aromatic heterocycles. The number of furan rings is 1. The standard InChI is InChI=1S/C19H17N5O2/c1-2-13-3-8-17-14(11-26-18(17)9-13)10-19(25)21-15-4-6-16(7-5-15)24-12-20-22-23-24/h3-9,11-12H,2,10H2,1H3,(H,21,25). The minimum atomic E-state index is -0.0950. The largest absolute Gasteiger partial charge is 0.464 e. The number of tetrazole rings is 1. The van der Waals surface area contributed by atoms with E-state index < -0.39 is 0 Å². The molecule has 0 aliphatic carbocycles. The van der Waals surface area contributed by atoms with Gasteiger partial charge in [-0.15, -0.1) is 5.10 Å². The Morgan fingerprint density at radius 2 is 2.04 bits per heavy atom. The Labute approximate surface area is 149 Å². The Balaban J connectivity index is 1.45. The lowest BCUT2D eigenvalue weighted by molar-refractivity contribution is -0.115. The predicted molar refractivity (Wildman–Crippen MR) is 97.1 cm³/mol. The van der Waals surface area contributed by atoms with Gasteiger partial charge in [-0.2, -0.15) is 0 Å². The monoisotopic (exact) mass is 347 g/mol. The van der Waals surface area contributed by atoms with E-state index in [1.54, 1.807) is 10.9 Å². The second kappa shape index (κ2) is 6.79. The van der Waals surface area contributed by atoms with Gasteiger partial charge in [0.25, 0.3) is 0 Å². The molecule has 0 radical (unpaired) electrons. The number of aryl methyl sites for hydroxylation is 1. The lowest BCUT2D eigenvalue weighted by Crippen LogP contribution is -2.14. The molecule has 0 atom stereocenters. The summed E-state index contributed by atoms with van der Waals surface area (Å²) in [5.74, 6) is -0.0950. The average Bonchev–Trinajstić information content (AvgIpc) is 3.32. The van der Waals surface area contributed by atoms with Crippen molar-refractivity contribution in [1.82, 2.24) is 20.2 Å². The van der Waals surface area contributed by atoms with Crippen LogP contribution in [0, 0.1) is 0 Å². The van der Waals surface area contributed by atoms with Crippen molar-refractivity contribution < 1.29 is 9.21 Å². The molecule has 130 valence electrons. The van der Waals surface area contributed by atoms with Crippen LogP contribution in [0.3, 0.4) is 0 Å². The van der Waals surface area contributed by atoms with Gasteiger partial charge in [0.05, 0.1) is 18.4 Å². The van der Waals surface area contributed by atoms with Crippen molar-refractivity contribution in [1.29, 1.82) is 0 Å². The highest BCUT2D eigenvalue weighted by Crippen LogP contribution is 2.23. The Bertz CT molecular complexity index is 1040. The van der Waals surface area contributed by atoms with Crippen molar-refractivity contribution in [2.45, 2.75) is 19.8 Å². The molecule has 4 rings (SSSR count). The van der Waals surface area contributed by atoms with Crippen molar-refractivity contribution in [3.63, 3.8) is 0 Å². The third-order valence-corrected chi connectivity index (χ3v) is 4.24. The molecule has 0 saturated heterocycles. The summed E-state index contributed by atoms with van der Waals surface area (Å²) >= 11 is 0. The van der Waals surface area contributed by atoms with Crippen LogP contribution in [0.15, 0.2) is 59.5 Å². The average molecular weight is 347 g/mol. The number of amides is 1. The number of carbonyl (C=O) groups excluding carboxylic acids is 1. The fraction of sp³-hybridized carbons (Fsp3) is 0.158. The minimum absolute atomic E-state index is 0.0950. The van der Waals surface area contributed by atoms with Crippen LogP contribution in [0.4, 0.5) is 5.69 Å². The minimum Gasteiger partial charge on any atom is -0.464 e. The molecule has 2 aromatic carbocycles. The molecule has 2 heterocycles. The zero-order valence-corrected chi connectivity index (χ0v) is 14.2. The fourth-order valence-electron chi connectivity index (χ4n) is 2.84. The maximum Gasteiger partial charge on any atom is 0.228 e. The fourth-order valence-corrected chi connectivity index (χ4v) is 2.84.